The Morgan fingerprint density at radius 1 is 1.39 bits per heavy atom. The zero-order valence-electron chi connectivity index (χ0n) is 12.6. The molecular weight excluding hydrogens is 317 g/mol. The fourth-order valence-electron chi connectivity index (χ4n) is 2.18. The van der Waals surface area contributed by atoms with Crippen LogP contribution in [0.25, 0.3) is 0 Å². The number of ether oxygens (including phenoxy) is 2. The fourth-order valence-corrected chi connectivity index (χ4v) is 2.18. The molecule has 1 aromatic carbocycles. The predicted molar refractivity (Wildman–Crippen MR) is 75.6 cm³/mol. The first kappa shape index (κ1) is 17.3. The van der Waals surface area contributed by atoms with Gasteiger partial charge in [0, 0.05) is 18.2 Å². The van der Waals surface area contributed by atoms with Gasteiger partial charge in [0.1, 0.15) is 0 Å². The van der Waals surface area contributed by atoms with Gasteiger partial charge in [-0.1, -0.05) is 6.92 Å². The molecule has 1 fully saturated rings. The van der Waals surface area contributed by atoms with E-state index in [-0.39, 0.29) is 23.7 Å². The van der Waals surface area contributed by atoms with Crippen LogP contribution in [0.15, 0.2) is 12.1 Å². The quantitative estimate of drug-likeness (QED) is 0.613. The summed E-state index contributed by atoms with van der Waals surface area (Å²) in [7, 11) is 1.27. The lowest BCUT2D eigenvalue weighted by Gasteiger charge is -2.14. The van der Waals surface area contributed by atoms with Crippen LogP contribution in [0.4, 0.5) is 18.9 Å². The highest BCUT2D eigenvalue weighted by Gasteiger charge is 2.33. The number of alkyl halides is 3. The normalized spacial score (nSPS) is 20.2. The number of hydrogen-bond acceptors (Lipinski definition) is 5. The topological polar surface area (TPSA) is 73.6 Å². The summed E-state index contributed by atoms with van der Waals surface area (Å²) in [4.78, 5) is 10.5. The lowest BCUT2D eigenvalue weighted by Crippen LogP contribution is -2.20. The Hall–Kier alpha value is -2.03. The van der Waals surface area contributed by atoms with E-state index in [1.807, 2.05) is 0 Å². The molecule has 0 radical (unpaired) electrons. The molecule has 2 atom stereocenters. The molecule has 6 nitrogen and oxygen atoms in total. The summed E-state index contributed by atoms with van der Waals surface area (Å²) in [5.74, 6) is 0.242. The van der Waals surface area contributed by atoms with Gasteiger partial charge in [-0.3, -0.25) is 10.1 Å². The van der Waals surface area contributed by atoms with Gasteiger partial charge in [0.2, 0.25) is 0 Å². The number of hydrogen-bond donors (Lipinski definition) is 1. The lowest BCUT2D eigenvalue weighted by atomic mass is 10.1. The maximum Gasteiger partial charge on any atom is 0.422 e. The van der Waals surface area contributed by atoms with Crippen LogP contribution in [0.5, 0.6) is 11.5 Å². The van der Waals surface area contributed by atoms with Gasteiger partial charge in [0.15, 0.2) is 18.1 Å². The molecule has 0 amide bonds. The molecule has 0 bridgehead atoms. The lowest BCUT2D eigenvalue weighted by molar-refractivity contribution is -0.385. The molecule has 0 saturated heterocycles. The van der Waals surface area contributed by atoms with Gasteiger partial charge in [-0.15, -0.1) is 0 Å². The zero-order chi connectivity index (χ0) is 17.2. The number of benzene rings is 1. The first-order valence-electron chi connectivity index (χ1n) is 6.99. The van der Waals surface area contributed by atoms with Gasteiger partial charge < -0.3 is 14.8 Å². The van der Waals surface area contributed by atoms with Gasteiger partial charge in [-0.2, -0.15) is 13.2 Å². The maximum atomic E-state index is 12.3. The van der Waals surface area contributed by atoms with Crippen molar-refractivity contribution in [3.8, 4) is 11.5 Å². The van der Waals surface area contributed by atoms with E-state index in [1.54, 1.807) is 0 Å². The monoisotopic (exact) mass is 334 g/mol. The summed E-state index contributed by atoms with van der Waals surface area (Å²) in [6.07, 6.45) is -3.54. The van der Waals surface area contributed by atoms with Crippen molar-refractivity contribution in [2.45, 2.75) is 32.1 Å². The van der Waals surface area contributed by atoms with Crippen molar-refractivity contribution >= 4 is 5.69 Å². The van der Waals surface area contributed by atoms with E-state index in [2.05, 4.69) is 17.0 Å². The number of nitrogens with zero attached hydrogens (tertiary/aromatic N) is 1. The summed E-state index contributed by atoms with van der Waals surface area (Å²) in [6.45, 7) is 0.750. The molecule has 2 unspecified atom stereocenters. The molecule has 128 valence electrons. The molecule has 0 aromatic heterocycles. The van der Waals surface area contributed by atoms with E-state index < -0.39 is 17.7 Å². The van der Waals surface area contributed by atoms with Crippen molar-refractivity contribution in [1.29, 1.82) is 0 Å². The SMILES string of the molecule is COc1cc(CNC2CC2C)c([N+](=O)[O-])cc1OCC(F)(F)F. The second kappa shape index (κ2) is 6.61. The third kappa shape index (κ3) is 4.72. The molecule has 23 heavy (non-hydrogen) atoms. The Morgan fingerprint density at radius 2 is 2.04 bits per heavy atom. The third-order valence-electron chi connectivity index (χ3n) is 3.62. The number of nitro benzene ring substituents is 1. The molecule has 1 saturated carbocycles. The van der Waals surface area contributed by atoms with Crippen LogP contribution < -0.4 is 14.8 Å². The number of halogens is 3. The van der Waals surface area contributed by atoms with Crippen molar-refractivity contribution in [2.24, 2.45) is 5.92 Å². The average molecular weight is 334 g/mol. The highest BCUT2D eigenvalue weighted by molar-refractivity contribution is 5.54. The first-order valence-corrected chi connectivity index (χ1v) is 6.99. The van der Waals surface area contributed by atoms with E-state index in [1.165, 1.54) is 13.2 Å². The van der Waals surface area contributed by atoms with E-state index in [0.29, 0.717) is 17.5 Å². The Kier molecular flexibility index (Phi) is 4.98. The van der Waals surface area contributed by atoms with E-state index in [0.717, 1.165) is 12.5 Å². The van der Waals surface area contributed by atoms with Gasteiger partial charge in [-0.05, 0) is 18.4 Å². The largest absolute Gasteiger partial charge is 0.493 e. The van der Waals surface area contributed by atoms with Crippen LogP contribution in [-0.4, -0.2) is 30.9 Å². The number of rotatable bonds is 7. The molecule has 9 heteroatoms. The molecule has 1 aromatic rings. The Balaban J connectivity index is 2.22. The molecule has 1 aliphatic carbocycles. The standard InChI is InChI=1S/C14H17F3N2O4/c1-8-3-10(8)18-6-9-4-12(22-2)13(5-11(9)19(20)21)23-7-14(15,16)17/h4-5,8,10,18H,3,6-7H2,1-2H3. The highest BCUT2D eigenvalue weighted by Crippen LogP contribution is 2.36. The van der Waals surface area contributed by atoms with Gasteiger partial charge in [-0.25, -0.2) is 0 Å². The fraction of sp³-hybridized carbons (Fsp3) is 0.571. The number of nitrogens with one attached hydrogen (secondary N) is 1. The summed E-state index contributed by atoms with van der Waals surface area (Å²) >= 11 is 0. The van der Waals surface area contributed by atoms with Crippen LogP contribution in [0.1, 0.15) is 18.9 Å². The number of nitro groups is 1. The molecule has 2 rings (SSSR count). The van der Waals surface area contributed by atoms with Crippen LogP contribution in [0.3, 0.4) is 0 Å². The van der Waals surface area contributed by atoms with Crippen molar-refractivity contribution in [1.82, 2.24) is 5.32 Å². The minimum absolute atomic E-state index is 0.0282. The first-order chi connectivity index (χ1) is 10.7. The van der Waals surface area contributed by atoms with E-state index >= 15 is 0 Å². The number of methoxy groups -OCH3 is 1. The third-order valence-corrected chi connectivity index (χ3v) is 3.62. The van der Waals surface area contributed by atoms with Crippen molar-refractivity contribution in [3.05, 3.63) is 27.8 Å². The van der Waals surface area contributed by atoms with E-state index in [4.69, 9.17) is 4.74 Å². The average Bonchev–Trinajstić information content (AvgIpc) is 3.17. The minimum Gasteiger partial charge on any atom is -0.493 e. The van der Waals surface area contributed by atoms with Crippen molar-refractivity contribution < 1.29 is 27.6 Å². The highest BCUT2D eigenvalue weighted by atomic mass is 19.4. The van der Waals surface area contributed by atoms with E-state index in [9.17, 15) is 23.3 Å². The van der Waals surface area contributed by atoms with Crippen LogP contribution >= 0.6 is 0 Å². The van der Waals surface area contributed by atoms with Crippen molar-refractivity contribution in [2.75, 3.05) is 13.7 Å². The van der Waals surface area contributed by atoms with Crippen LogP contribution in [0, 0.1) is 16.0 Å². The zero-order valence-corrected chi connectivity index (χ0v) is 12.6. The molecule has 1 N–H and O–H groups in total. The van der Waals surface area contributed by atoms with Crippen LogP contribution in [0.2, 0.25) is 0 Å². The predicted octanol–water partition coefficient (Wildman–Crippen LogP) is 3.04. The smallest absolute Gasteiger partial charge is 0.422 e. The summed E-state index contributed by atoms with van der Waals surface area (Å²) in [5.41, 5.74) is 0.0362. The Bertz CT molecular complexity index is 592. The maximum absolute atomic E-state index is 12.3. The Morgan fingerprint density at radius 3 is 2.52 bits per heavy atom. The van der Waals surface area contributed by atoms with Gasteiger partial charge in [0.05, 0.1) is 18.1 Å². The van der Waals surface area contributed by atoms with Crippen LogP contribution in [-0.2, 0) is 6.54 Å². The van der Waals surface area contributed by atoms with Gasteiger partial charge in [0.25, 0.3) is 5.69 Å². The molecule has 0 heterocycles. The summed E-state index contributed by atoms with van der Waals surface area (Å²) in [5, 5.41) is 14.3. The molecule has 1 aliphatic rings. The van der Waals surface area contributed by atoms with Gasteiger partial charge >= 0.3 is 6.18 Å². The minimum atomic E-state index is -4.54. The second-order valence-corrected chi connectivity index (χ2v) is 5.49. The second-order valence-electron chi connectivity index (χ2n) is 5.49. The molecule has 0 aliphatic heterocycles. The van der Waals surface area contributed by atoms with Crippen molar-refractivity contribution in [3.63, 3.8) is 0 Å². The molecule has 0 spiro atoms. The molecular formula is C14H17F3N2O4. The summed E-state index contributed by atoms with van der Waals surface area (Å²) in [6, 6.07) is 2.61. The Labute approximate surface area is 130 Å². The summed E-state index contributed by atoms with van der Waals surface area (Å²) < 4.78 is 46.4.